The third kappa shape index (κ3) is 3.52. The van der Waals surface area contributed by atoms with Crippen LogP contribution in [0.5, 0.6) is 0 Å². The molecule has 2 rings (SSSR count). The molecular formula is C11H16N2O4. The SMILES string of the molecule is O=C(O)CCCc1nnc(C2CCCCO2)o1. The Bertz CT molecular complexity index is 371. The normalized spacial score (nSPS) is 20.4. The Kier molecular flexibility index (Phi) is 4.08. The highest BCUT2D eigenvalue weighted by molar-refractivity contribution is 5.66. The van der Waals surface area contributed by atoms with Crippen LogP contribution >= 0.6 is 0 Å². The molecular weight excluding hydrogens is 224 g/mol. The molecule has 1 unspecified atom stereocenters. The first-order chi connectivity index (χ1) is 8.25. The van der Waals surface area contributed by atoms with Crippen LogP contribution < -0.4 is 0 Å². The van der Waals surface area contributed by atoms with Gasteiger partial charge in [-0.15, -0.1) is 10.2 Å². The third-order valence-corrected chi connectivity index (χ3v) is 2.72. The van der Waals surface area contributed by atoms with Crippen molar-refractivity contribution in [3.63, 3.8) is 0 Å². The average molecular weight is 240 g/mol. The molecule has 0 radical (unpaired) electrons. The number of carboxylic acid groups (broad SMARTS) is 1. The maximum absolute atomic E-state index is 10.4. The summed E-state index contributed by atoms with van der Waals surface area (Å²) in [5.41, 5.74) is 0. The molecule has 1 N–H and O–H groups in total. The van der Waals surface area contributed by atoms with E-state index in [-0.39, 0.29) is 12.5 Å². The molecule has 0 bridgehead atoms. The Morgan fingerprint density at radius 2 is 2.29 bits per heavy atom. The second-order valence-corrected chi connectivity index (χ2v) is 4.14. The van der Waals surface area contributed by atoms with E-state index < -0.39 is 5.97 Å². The first-order valence-electron chi connectivity index (χ1n) is 5.91. The van der Waals surface area contributed by atoms with E-state index in [2.05, 4.69) is 10.2 Å². The summed E-state index contributed by atoms with van der Waals surface area (Å²) in [7, 11) is 0. The lowest BCUT2D eigenvalue weighted by Crippen LogP contribution is -2.11. The third-order valence-electron chi connectivity index (χ3n) is 2.72. The highest BCUT2D eigenvalue weighted by Gasteiger charge is 2.21. The summed E-state index contributed by atoms with van der Waals surface area (Å²) in [4.78, 5) is 10.4. The van der Waals surface area contributed by atoms with Crippen molar-refractivity contribution >= 4 is 5.97 Å². The molecule has 0 saturated carbocycles. The molecule has 2 heterocycles. The minimum atomic E-state index is -0.805. The van der Waals surface area contributed by atoms with E-state index in [9.17, 15) is 4.79 Å². The number of carboxylic acids is 1. The number of ether oxygens (including phenoxy) is 1. The molecule has 1 saturated heterocycles. The fourth-order valence-electron chi connectivity index (χ4n) is 1.82. The molecule has 6 heteroatoms. The molecule has 1 aliphatic rings. The highest BCUT2D eigenvalue weighted by atomic mass is 16.5. The van der Waals surface area contributed by atoms with Crippen LogP contribution in [0.3, 0.4) is 0 Å². The van der Waals surface area contributed by atoms with Gasteiger partial charge in [-0.05, 0) is 25.7 Å². The van der Waals surface area contributed by atoms with E-state index in [1.165, 1.54) is 0 Å². The van der Waals surface area contributed by atoms with Crippen LogP contribution in [-0.4, -0.2) is 27.9 Å². The lowest BCUT2D eigenvalue weighted by atomic mass is 10.1. The standard InChI is InChI=1S/C11H16N2O4/c14-10(15)6-3-5-9-12-13-11(17-9)8-4-1-2-7-16-8/h8H,1-7H2,(H,14,15). The Balaban J connectivity index is 1.84. The van der Waals surface area contributed by atoms with Crippen LogP contribution in [-0.2, 0) is 16.0 Å². The number of hydrogen-bond acceptors (Lipinski definition) is 5. The van der Waals surface area contributed by atoms with E-state index in [1.807, 2.05) is 0 Å². The summed E-state index contributed by atoms with van der Waals surface area (Å²) >= 11 is 0. The van der Waals surface area contributed by atoms with Crippen molar-refractivity contribution in [2.45, 2.75) is 44.6 Å². The summed E-state index contributed by atoms with van der Waals surface area (Å²) in [6.45, 7) is 0.737. The van der Waals surface area contributed by atoms with Gasteiger partial charge in [0.2, 0.25) is 11.8 Å². The number of aromatic nitrogens is 2. The van der Waals surface area contributed by atoms with Crippen molar-refractivity contribution in [2.75, 3.05) is 6.61 Å². The van der Waals surface area contributed by atoms with Crippen LogP contribution in [0.15, 0.2) is 4.42 Å². The molecule has 17 heavy (non-hydrogen) atoms. The van der Waals surface area contributed by atoms with Crippen molar-refractivity contribution in [3.8, 4) is 0 Å². The van der Waals surface area contributed by atoms with Crippen molar-refractivity contribution in [2.24, 2.45) is 0 Å². The lowest BCUT2D eigenvalue weighted by Gasteiger charge is -2.18. The van der Waals surface area contributed by atoms with Crippen LogP contribution in [0, 0.1) is 0 Å². The van der Waals surface area contributed by atoms with Gasteiger partial charge in [-0.2, -0.15) is 0 Å². The molecule has 0 aliphatic carbocycles. The van der Waals surface area contributed by atoms with Gasteiger partial charge in [-0.3, -0.25) is 4.79 Å². The predicted octanol–water partition coefficient (Wildman–Crippen LogP) is 1.72. The molecule has 1 atom stereocenters. The summed E-state index contributed by atoms with van der Waals surface area (Å²) in [6.07, 6.45) is 4.17. The maximum Gasteiger partial charge on any atom is 0.303 e. The van der Waals surface area contributed by atoms with Crippen LogP contribution in [0.25, 0.3) is 0 Å². The monoisotopic (exact) mass is 240 g/mol. The molecule has 6 nitrogen and oxygen atoms in total. The fourth-order valence-corrected chi connectivity index (χ4v) is 1.82. The first kappa shape index (κ1) is 12.0. The van der Waals surface area contributed by atoms with E-state index in [1.54, 1.807) is 0 Å². The summed E-state index contributed by atoms with van der Waals surface area (Å²) in [5.74, 6) is 0.214. The zero-order valence-electron chi connectivity index (χ0n) is 9.59. The van der Waals surface area contributed by atoms with Gasteiger partial charge < -0.3 is 14.3 Å². The zero-order valence-corrected chi connectivity index (χ0v) is 9.59. The summed E-state index contributed by atoms with van der Waals surface area (Å²) in [6, 6.07) is 0. The Hall–Kier alpha value is -1.43. The van der Waals surface area contributed by atoms with Crippen molar-refractivity contribution in [1.82, 2.24) is 10.2 Å². The fraction of sp³-hybridized carbons (Fsp3) is 0.727. The Morgan fingerprint density at radius 3 is 3.00 bits per heavy atom. The maximum atomic E-state index is 10.4. The van der Waals surface area contributed by atoms with Gasteiger partial charge in [0, 0.05) is 19.4 Å². The van der Waals surface area contributed by atoms with Gasteiger partial charge in [-0.25, -0.2) is 0 Å². The van der Waals surface area contributed by atoms with E-state index >= 15 is 0 Å². The van der Waals surface area contributed by atoms with Gasteiger partial charge in [0.1, 0.15) is 6.10 Å². The Morgan fingerprint density at radius 1 is 1.41 bits per heavy atom. The Labute approximate surface area is 99.0 Å². The minimum absolute atomic E-state index is 0.0792. The summed E-state index contributed by atoms with van der Waals surface area (Å²) < 4.78 is 11.0. The molecule has 1 aromatic heterocycles. The van der Waals surface area contributed by atoms with Gasteiger partial charge in [0.25, 0.3) is 0 Å². The zero-order chi connectivity index (χ0) is 12.1. The number of rotatable bonds is 5. The minimum Gasteiger partial charge on any atom is -0.481 e. The van der Waals surface area contributed by atoms with Crippen LogP contribution in [0.4, 0.5) is 0 Å². The van der Waals surface area contributed by atoms with Gasteiger partial charge >= 0.3 is 5.97 Å². The highest BCUT2D eigenvalue weighted by Crippen LogP contribution is 2.26. The van der Waals surface area contributed by atoms with Crippen molar-refractivity contribution in [3.05, 3.63) is 11.8 Å². The van der Waals surface area contributed by atoms with E-state index in [0.29, 0.717) is 24.6 Å². The topological polar surface area (TPSA) is 85.5 Å². The number of nitrogens with zero attached hydrogens (tertiary/aromatic N) is 2. The summed E-state index contributed by atoms with van der Waals surface area (Å²) in [5, 5.41) is 16.4. The smallest absolute Gasteiger partial charge is 0.303 e. The van der Waals surface area contributed by atoms with Gasteiger partial charge in [0.15, 0.2) is 0 Å². The van der Waals surface area contributed by atoms with E-state index in [0.717, 1.165) is 25.9 Å². The molecule has 0 spiro atoms. The van der Waals surface area contributed by atoms with Crippen LogP contribution in [0.2, 0.25) is 0 Å². The van der Waals surface area contributed by atoms with E-state index in [4.69, 9.17) is 14.3 Å². The van der Waals surface area contributed by atoms with Gasteiger partial charge in [0.05, 0.1) is 0 Å². The molecule has 0 amide bonds. The number of aliphatic carboxylic acids is 1. The lowest BCUT2D eigenvalue weighted by molar-refractivity contribution is -0.137. The predicted molar refractivity (Wildman–Crippen MR) is 57.4 cm³/mol. The molecule has 94 valence electrons. The largest absolute Gasteiger partial charge is 0.481 e. The molecule has 1 fully saturated rings. The number of aryl methyl sites for hydroxylation is 1. The second-order valence-electron chi connectivity index (χ2n) is 4.14. The van der Waals surface area contributed by atoms with Gasteiger partial charge in [-0.1, -0.05) is 0 Å². The molecule has 0 aromatic carbocycles. The first-order valence-corrected chi connectivity index (χ1v) is 5.91. The van der Waals surface area contributed by atoms with Crippen LogP contribution in [0.1, 0.15) is 50.0 Å². The molecule has 1 aliphatic heterocycles. The van der Waals surface area contributed by atoms with Crippen molar-refractivity contribution < 1.29 is 19.1 Å². The number of carbonyl (C=O) groups is 1. The average Bonchev–Trinajstić information content (AvgIpc) is 2.78. The number of hydrogen-bond donors (Lipinski definition) is 1. The second kappa shape index (κ2) is 5.77. The van der Waals surface area contributed by atoms with Crippen molar-refractivity contribution in [1.29, 1.82) is 0 Å². The quantitative estimate of drug-likeness (QED) is 0.843. The molecule has 1 aromatic rings.